The second-order valence-electron chi connectivity index (χ2n) is 8.26. The average Bonchev–Trinajstić information content (AvgIpc) is 2.86. The molecule has 2 heterocycles. The molecule has 1 amide bonds. The molecule has 3 aromatic rings. The lowest BCUT2D eigenvalue weighted by Crippen LogP contribution is -2.50. The fraction of sp³-hybridized carbons (Fsp3) is 0.280. The Balaban J connectivity index is 1.39. The number of amides is 1. The zero-order valence-electron chi connectivity index (χ0n) is 18.7. The van der Waals surface area contributed by atoms with Crippen LogP contribution in [0.25, 0.3) is 0 Å². The summed E-state index contributed by atoms with van der Waals surface area (Å²) in [6, 6.07) is 15.4. The van der Waals surface area contributed by atoms with E-state index < -0.39 is 22.4 Å². The second-order valence-corrected chi connectivity index (χ2v) is 9.72. The van der Waals surface area contributed by atoms with E-state index in [0.29, 0.717) is 31.7 Å². The molecule has 1 fully saturated rings. The third-order valence-electron chi connectivity index (χ3n) is 5.89. The smallest absolute Gasteiger partial charge is 0.416 e. The molecule has 0 aliphatic carbocycles. The predicted octanol–water partition coefficient (Wildman–Crippen LogP) is 5.53. The predicted molar refractivity (Wildman–Crippen MR) is 125 cm³/mol. The molecule has 0 radical (unpaired) electrons. The highest BCUT2D eigenvalue weighted by atomic mass is 32.2. The molecule has 0 atom stereocenters. The van der Waals surface area contributed by atoms with Crippen LogP contribution in [0.15, 0.2) is 78.0 Å². The van der Waals surface area contributed by atoms with Gasteiger partial charge in [0.15, 0.2) is 0 Å². The first-order valence-corrected chi connectivity index (χ1v) is 11.8. The molecule has 4 rings (SSSR count). The number of benzene rings is 2. The molecule has 184 valence electrons. The highest BCUT2D eigenvalue weighted by Gasteiger charge is 2.42. The van der Waals surface area contributed by atoms with Crippen LogP contribution in [0.3, 0.4) is 0 Å². The number of ether oxygens (including phenoxy) is 1. The maximum atomic E-state index is 12.7. The van der Waals surface area contributed by atoms with Crippen LogP contribution >= 0.6 is 11.8 Å². The number of nitrogens with zero attached hydrogens (tertiary/aromatic N) is 2. The third kappa shape index (κ3) is 6.33. The van der Waals surface area contributed by atoms with Gasteiger partial charge < -0.3 is 4.74 Å². The average molecular weight is 504 g/mol. The molecule has 1 aliphatic heterocycles. The van der Waals surface area contributed by atoms with E-state index in [2.05, 4.69) is 9.88 Å². The zero-order valence-corrected chi connectivity index (χ0v) is 19.5. The Labute approximate surface area is 205 Å². The fourth-order valence-corrected chi connectivity index (χ4v) is 5.19. The van der Waals surface area contributed by atoms with Crippen molar-refractivity contribution in [2.45, 2.75) is 35.2 Å². The van der Waals surface area contributed by atoms with E-state index in [9.17, 15) is 23.2 Å². The summed E-state index contributed by atoms with van der Waals surface area (Å²) in [7, 11) is 0. The molecule has 0 unspecified atom stereocenters. The molecular formula is C25H24F3N3O3S. The summed E-state index contributed by atoms with van der Waals surface area (Å²) in [5, 5.41) is 9.39. The Bertz CT molecular complexity index is 1120. The molecule has 10 heteroatoms. The molecule has 0 spiro atoms. The normalized spacial score (nSPS) is 16.0. The monoisotopic (exact) mass is 503 g/mol. The van der Waals surface area contributed by atoms with Gasteiger partial charge in [0, 0.05) is 36.9 Å². The second kappa shape index (κ2) is 10.7. The Morgan fingerprint density at radius 1 is 1.00 bits per heavy atom. The molecular weight excluding hydrogens is 479 g/mol. The number of thioether (sulfide) groups is 1. The molecule has 0 saturated carbocycles. The number of alkyl halides is 3. The van der Waals surface area contributed by atoms with Crippen molar-refractivity contribution in [2.75, 3.05) is 13.1 Å². The van der Waals surface area contributed by atoms with Crippen molar-refractivity contribution in [2.24, 2.45) is 0 Å². The van der Waals surface area contributed by atoms with Crippen molar-refractivity contribution >= 4 is 17.7 Å². The van der Waals surface area contributed by atoms with Crippen molar-refractivity contribution in [1.29, 1.82) is 0 Å². The first-order valence-electron chi connectivity index (χ1n) is 11.0. The molecule has 1 saturated heterocycles. The minimum absolute atomic E-state index is 0.288. The van der Waals surface area contributed by atoms with Gasteiger partial charge in [-0.1, -0.05) is 0 Å². The molecule has 0 bridgehead atoms. The number of rotatable bonds is 7. The SMILES string of the molecule is O=C(NO)C1(Sc2ccc(Oc3ccc(C(F)(F)F)cc3)cc2)CCN(Cc2ccncc2)CC1. The van der Waals surface area contributed by atoms with Crippen LogP contribution in [0.2, 0.25) is 0 Å². The van der Waals surface area contributed by atoms with Gasteiger partial charge in [-0.2, -0.15) is 13.2 Å². The number of aromatic nitrogens is 1. The van der Waals surface area contributed by atoms with E-state index in [0.717, 1.165) is 29.1 Å². The number of carbonyl (C=O) groups excluding carboxylic acids is 1. The van der Waals surface area contributed by atoms with E-state index in [-0.39, 0.29) is 5.75 Å². The third-order valence-corrected chi connectivity index (χ3v) is 7.38. The van der Waals surface area contributed by atoms with Crippen molar-refractivity contribution < 1.29 is 27.9 Å². The summed E-state index contributed by atoms with van der Waals surface area (Å²) in [4.78, 5) is 19.8. The summed E-state index contributed by atoms with van der Waals surface area (Å²) in [5.41, 5.74) is 2.24. The lowest BCUT2D eigenvalue weighted by Gasteiger charge is -2.39. The van der Waals surface area contributed by atoms with Crippen LogP contribution in [-0.4, -0.2) is 38.8 Å². The number of hydrogen-bond donors (Lipinski definition) is 2. The number of nitrogens with one attached hydrogen (secondary N) is 1. The number of pyridine rings is 1. The number of hydroxylamine groups is 1. The van der Waals surface area contributed by atoms with Gasteiger partial charge in [-0.25, -0.2) is 5.48 Å². The van der Waals surface area contributed by atoms with E-state index in [4.69, 9.17) is 4.74 Å². The van der Waals surface area contributed by atoms with Crippen LogP contribution < -0.4 is 10.2 Å². The number of halogens is 3. The van der Waals surface area contributed by atoms with Gasteiger partial charge in [-0.3, -0.25) is 19.9 Å². The van der Waals surface area contributed by atoms with E-state index in [1.54, 1.807) is 36.7 Å². The number of piperidine rings is 1. The summed E-state index contributed by atoms with van der Waals surface area (Å²) >= 11 is 1.38. The first-order chi connectivity index (χ1) is 16.8. The van der Waals surface area contributed by atoms with E-state index >= 15 is 0 Å². The lowest BCUT2D eigenvalue weighted by molar-refractivity contribution is -0.137. The highest BCUT2D eigenvalue weighted by molar-refractivity contribution is 8.01. The van der Waals surface area contributed by atoms with Gasteiger partial charge >= 0.3 is 6.18 Å². The molecule has 2 N–H and O–H groups in total. The minimum Gasteiger partial charge on any atom is -0.457 e. The molecule has 35 heavy (non-hydrogen) atoms. The van der Waals surface area contributed by atoms with Gasteiger partial charge in [0.2, 0.25) is 0 Å². The lowest BCUT2D eigenvalue weighted by atomic mass is 9.94. The molecule has 6 nitrogen and oxygen atoms in total. The van der Waals surface area contributed by atoms with E-state index in [1.807, 2.05) is 17.6 Å². The summed E-state index contributed by atoms with van der Waals surface area (Å²) in [6.45, 7) is 2.15. The molecule has 1 aromatic heterocycles. The number of hydrogen-bond acceptors (Lipinski definition) is 6. The minimum atomic E-state index is -4.40. The Hall–Kier alpha value is -3.08. The zero-order chi connectivity index (χ0) is 24.9. The number of likely N-dealkylation sites (tertiary alicyclic amines) is 1. The summed E-state index contributed by atoms with van der Waals surface area (Å²) in [6.07, 6.45) is 0.217. The van der Waals surface area contributed by atoms with Crippen LogP contribution in [-0.2, 0) is 17.5 Å². The van der Waals surface area contributed by atoms with Crippen LogP contribution in [0, 0.1) is 0 Å². The van der Waals surface area contributed by atoms with Gasteiger partial charge in [0.25, 0.3) is 5.91 Å². The van der Waals surface area contributed by atoms with Crippen LogP contribution in [0.5, 0.6) is 11.5 Å². The van der Waals surface area contributed by atoms with Crippen LogP contribution in [0.1, 0.15) is 24.0 Å². The van der Waals surface area contributed by atoms with Crippen molar-refractivity contribution in [1.82, 2.24) is 15.4 Å². The Kier molecular flexibility index (Phi) is 7.63. The standard InChI is InChI=1S/C25H24F3N3O3S/c26-25(27,28)19-1-3-20(4-2-19)34-21-5-7-22(8-6-21)35-24(23(32)30-33)11-15-31(16-12-24)17-18-9-13-29-14-10-18/h1-10,13-14,33H,11-12,15-17H2,(H,30,32). The van der Waals surface area contributed by atoms with Crippen molar-refractivity contribution in [3.8, 4) is 11.5 Å². The maximum Gasteiger partial charge on any atom is 0.416 e. The van der Waals surface area contributed by atoms with Gasteiger partial charge in [0.05, 0.1) is 5.56 Å². The Morgan fingerprint density at radius 3 is 2.11 bits per heavy atom. The molecule has 1 aliphatic rings. The molecule has 2 aromatic carbocycles. The van der Waals surface area contributed by atoms with Gasteiger partial charge in [-0.15, -0.1) is 11.8 Å². The maximum absolute atomic E-state index is 12.7. The number of carbonyl (C=O) groups is 1. The summed E-state index contributed by atoms with van der Waals surface area (Å²) < 4.78 is 43.0. The largest absolute Gasteiger partial charge is 0.457 e. The van der Waals surface area contributed by atoms with Gasteiger partial charge in [-0.05, 0) is 79.1 Å². The summed E-state index contributed by atoms with van der Waals surface area (Å²) in [5.74, 6) is 0.314. The quantitative estimate of drug-likeness (QED) is 0.327. The Morgan fingerprint density at radius 2 is 1.57 bits per heavy atom. The van der Waals surface area contributed by atoms with Gasteiger partial charge in [0.1, 0.15) is 16.2 Å². The van der Waals surface area contributed by atoms with Crippen LogP contribution in [0.4, 0.5) is 13.2 Å². The highest BCUT2D eigenvalue weighted by Crippen LogP contribution is 2.42. The topological polar surface area (TPSA) is 74.7 Å². The van der Waals surface area contributed by atoms with Crippen molar-refractivity contribution in [3.63, 3.8) is 0 Å². The first kappa shape index (κ1) is 25.0. The van der Waals surface area contributed by atoms with Crippen molar-refractivity contribution in [3.05, 3.63) is 84.2 Å². The fourth-order valence-electron chi connectivity index (χ4n) is 3.95. The van der Waals surface area contributed by atoms with E-state index in [1.165, 1.54) is 23.9 Å².